The highest BCUT2D eigenvalue weighted by Crippen LogP contribution is 2.11. The van der Waals surface area contributed by atoms with Gasteiger partial charge < -0.3 is 18.9 Å². The number of para-hydroxylation sites is 1. The van der Waals surface area contributed by atoms with Crippen LogP contribution in [0.2, 0.25) is 0 Å². The topological polar surface area (TPSA) is 71.1 Å². The Kier molecular flexibility index (Phi) is 21.4. The van der Waals surface area contributed by atoms with E-state index in [9.17, 15) is 9.59 Å². The number of ether oxygens (including phenoxy) is 4. The van der Waals surface area contributed by atoms with E-state index in [1.54, 1.807) is 24.3 Å². The molecule has 36 heavy (non-hydrogen) atoms. The van der Waals surface area contributed by atoms with Crippen LogP contribution in [0.3, 0.4) is 0 Å². The van der Waals surface area contributed by atoms with Crippen molar-refractivity contribution in [2.75, 3.05) is 20.0 Å². The Morgan fingerprint density at radius 3 is 2.00 bits per heavy atom. The molecule has 0 radical (unpaired) electrons. The average molecular weight is 505 g/mol. The van der Waals surface area contributed by atoms with Crippen molar-refractivity contribution in [1.29, 1.82) is 0 Å². The number of hydrogen-bond donors (Lipinski definition) is 0. The minimum atomic E-state index is -0.800. The van der Waals surface area contributed by atoms with Crippen molar-refractivity contribution in [2.45, 2.75) is 110 Å². The maximum absolute atomic E-state index is 11.8. The van der Waals surface area contributed by atoms with Gasteiger partial charge in [-0.25, -0.2) is 4.79 Å². The van der Waals surface area contributed by atoms with E-state index in [0.29, 0.717) is 31.8 Å². The van der Waals surface area contributed by atoms with E-state index in [1.807, 2.05) is 6.07 Å². The normalized spacial score (nSPS) is 11.0. The minimum Gasteiger partial charge on any atom is -0.466 e. The molecule has 0 bridgehead atoms. The van der Waals surface area contributed by atoms with Crippen LogP contribution in [-0.2, 0) is 19.0 Å². The lowest BCUT2D eigenvalue weighted by Crippen LogP contribution is -2.13. The van der Waals surface area contributed by atoms with Crippen molar-refractivity contribution in [2.24, 2.45) is 0 Å². The first kappa shape index (κ1) is 31.7. The molecular weight excluding hydrogens is 456 g/mol. The summed E-state index contributed by atoms with van der Waals surface area (Å²) in [6, 6.07) is 8.70. The van der Waals surface area contributed by atoms with E-state index in [0.717, 1.165) is 19.3 Å². The summed E-state index contributed by atoms with van der Waals surface area (Å²) in [6.07, 6.45) is 22.0. The monoisotopic (exact) mass is 504 g/mol. The SMILES string of the molecule is CCCCCCCC/C=C\CCCCCCCC(=O)OCCCCOCOC(=O)Oc1ccccc1. The second kappa shape index (κ2) is 24.4. The van der Waals surface area contributed by atoms with E-state index < -0.39 is 6.16 Å². The fraction of sp³-hybridized carbons (Fsp3) is 0.667. The molecule has 0 heterocycles. The number of unbranched alkanes of at least 4 members (excludes halogenated alkanes) is 12. The molecule has 0 saturated carbocycles. The molecule has 0 aliphatic heterocycles. The summed E-state index contributed by atoms with van der Waals surface area (Å²) >= 11 is 0. The van der Waals surface area contributed by atoms with Crippen LogP contribution in [0.5, 0.6) is 5.75 Å². The maximum Gasteiger partial charge on any atom is 0.515 e. The summed E-state index contributed by atoms with van der Waals surface area (Å²) in [7, 11) is 0. The predicted molar refractivity (Wildman–Crippen MR) is 144 cm³/mol. The zero-order valence-corrected chi connectivity index (χ0v) is 22.4. The van der Waals surface area contributed by atoms with Gasteiger partial charge in [0.05, 0.1) is 13.2 Å². The van der Waals surface area contributed by atoms with Crippen molar-refractivity contribution in [3.63, 3.8) is 0 Å². The average Bonchev–Trinajstić information content (AvgIpc) is 2.88. The fourth-order valence-electron chi connectivity index (χ4n) is 3.67. The molecule has 0 aliphatic rings. The van der Waals surface area contributed by atoms with Crippen molar-refractivity contribution in [3.8, 4) is 5.75 Å². The number of carbonyl (C=O) groups is 2. The maximum atomic E-state index is 11.8. The number of allylic oxidation sites excluding steroid dienone is 2. The zero-order valence-electron chi connectivity index (χ0n) is 22.4. The molecule has 1 aromatic rings. The first-order chi connectivity index (χ1) is 17.7. The summed E-state index contributed by atoms with van der Waals surface area (Å²) in [5.74, 6) is 0.298. The molecule has 1 aromatic carbocycles. The van der Waals surface area contributed by atoms with Gasteiger partial charge in [0, 0.05) is 6.42 Å². The van der Waals surface area contributed by atoms with E-state index in [1.165, 1.54) is 70.6 Å². The molecular formula is C30H48O6. The van der Waals surface area contributed by atoms with Gasteiger partial charge in [-0.05, 0) is 57.1 Å². The predicted octanol–water partition coefficient (Wildman–Crippen LogP) is 8.54. The van der Waals surface area contributed by atoms with Gasteiger partial charge in [-0.15, -0.1) is 0 Å². The van der Waals surface area contributed by atoms with Gasteiger partial charge in [-0.3, -0.25) is 4.79 Å². The van der Waals surface area contributed by atoms with Gasteiger partial charge >= 0.3 is 12.1 Å². The van der Waals surface area contributed by atoms with Crippen LogP contribution in [0.4, 0.5) is 4.79 Å². The van der Waals surface area contributed by atoms with Crippen LogP contribution in [0, 0.1) is 0 Å². The second-order valence-corrected chi connectivity index (χ2v) is 9.10. The highest BCUT2D eigenvalue weighted by Gasteiger charge is 2.05. The third-order valence-electron chi connectivity index (χ3n) is 5.79. The van der Waals surface area contributed by atoms with Crippen molar-refractivity contribution in [1.82, 2.24) is 0 Å². The van der Waals surface area contributed by atoms with Crippen LogP contribution < -0.4 is 4.74 Å². The lowest BCUT2D eigenvalue weighted by atomic mass is 10.1. The van der Waals surface area contributed by atoms with Gasteiger partial charge in [0.2, 0.25) is 0 Å². The molecule has 0 aromatic heterocycles. The summed E-state index contributed by atoms with van der Waals surface area (Å²) in [6.45, 7) is 2.91. The Bertz CT molecular complexity index is 673. The molecule has 0 saturated heterocycles. The Balaban J connectivity index is 1.78. The number of hydrogen-bond acceptors (Lipinski definition) is 6. The molecule has 6 nitrogen and oxygen atoms in total. The lowest BCUT2D eigenvalue weighted by molar-refractivity contribution is -0.144. The lowest BCUT2D eigenvalue weighted by Gasteiger charge is -2.07. The molecule has 0 unspecified atom stereocenters. The summed E-state index contributed by atoms with van der Waals surface area (Å²) < 4.78 is 20.3. The molecule has 0 fully saturated rings. The molecule has 0 atom stereocenters. The molecule has 6 heteroatoms. The van der Waals surface area contributed by atoms with E-state index >= 15 is 0 Å². The minimum absolute atomic E-state index is 0.125. The Morgan fingerprint density at radius 1 is 0.694 bits per heavy atom. The van der Waals surface area contributed by atoms with Crippen LogP contribution in [0.15, 0.2) is 42.5 Å². The zero-order chi connectivity index (χ0) is 25.9. The number of esters is 1. The molecule has 0 spiro atoms. The summed E-state index contributed by atoms with van der Waals surface area (Å²) in [5, 5.41) is 0. The van der Waals surface area contributed by atoms with Gasteiger partial charge in [-0.1, -0.05) is 88.6 Å². The van der Waals surface area contributed by atoms with E-state index in [-0.39, 0.29) is 12.8 Å². The Morgan fingerprint density at radius 2 is 1.31 bits per heavy atom. The third-order valence-corrected chi connectivity index (χ3v) is 5.79. The first-order valence-electron chi connectivity index (χ1n) is 14.0. The van der Waals surface area contributed by atoms with Crippen molar-refractivity contribution >= 4 is 12.1 Å². The molecule has 0 N–H and O–H groups in total. The van der Waals surface area contributed by atoms with Crippen LogP contribution >= 0.6 is 0 Å². The number of rotatable bonds is 23. The summed E-state index contributed by atoms with van der Waals surface area (Å²) in [5.41, 5.74) is 0. The quantitative estimate of drug-likeness (QED) is 0.0489. The van der Waals surface area contributed by atoms with Crippen molar-refractivity contribution < 1.29 is 28.5 Å². The smallest absolute Gasteiger partial charge is 0.466 e. The Hall–Kier alpha value is -2.34. The van der Waals surface area contributed by atoms with Gasteiger partial charge in [0.15, 0.2) is 6.79 Å². The standard InChI is InChI=1S/C30H48O6/c1-2-3-4-5-6-7-8-9-10-11-12-13-14-15-19-24-29(31)34-26-21-20-25-33-27-35-30(32)36-28-22-17-16-18-23-28/h9-10,16-18,22-23H,2-8,11-15,19-21,24-27H2,1H3/b10-9-. The molecule has 0 aliphatic carbocycles. The highest BCUT2D eigenvalue weighted by molar-refractivity contribution is 5.69. The largest absolute Gasteiger partial charge is 0.515 e. The first-order valence-corrected chi connectivity index (χ1v) is 14.0. The van der Waals surface area contributed by atoms with Gasteiger partial charge in [0.1, 0.15) is 5.75 Å². The van der Waals surface area contributed by atoms with Crippen molar-refractivity contribution in [3.05, 3.63) is 42.5 Å². The van der Waals surface area contributed by atoms with Crippen LogP contribution in [0.1, 0.15) is 110 Å². The van der Waals surface area contributed by atoms with Gasteiger partial charge in [0.25, 0.3) is 0 Å². The number of carbonyl (C=O) groups excluding carboxylic acids is 2. The van der Waals surface area contributed by atoms with Crippen LogP contribution in [0.25, 0.3) is 0 Å². The second-order valence-electron chi connectivity index (χ2n) is 9.10. The molecule has 1 rings (SSSR count). The van der Waals surface area contributed by atoms with E-state index in [2.05, 4.69) is 19.1 Å². The summed E-state index contributed by atoms with van der Waals surface area (Å²) in [4.78, 5) is 23.3. The number of benzene rings is 1. The Labute approximate surface area is 218 Å². The molecule has 204 valence electrons. The fourth-order valence-corrected chi connectivity index (χ4v) is 3.67. The molecule has 0 amide bonds. The van der Waals surface area contributed by atoms with E-state index in [4.69, 9.17) is 18.9 Å². The van der Waals surface area contributed by atoms with Crippen LogP contribution in [-0.4, -0.2) is 32.1 Å². The highest BCUT2D eigenvalue weighted by atomic mass is 16.8. The third kappa shape index (κ3) is 21.0. The van der Waals surface area contributed by atoms with Gasteiger partial charge in [-0.2, -0.15) is 0 Å².